The van der Waals surface area contributed by atoms with Gasteiger partial charge in [0.05, 0.1) is 6.04 Å². The van der Waals surface area contributed by atoms with Gasteiger partial charge in [-0.3, -0.25) is 4.79 Å². The molecule has 0 aliphatic carbocycles. The van der Waals surface area contributed by atoms with E-state index in [0.717, 1.165) is 33.3 Å². The Morgan fingerprint density at radius 3 is 2.26 bits per heavy atom. The predicted molar refractivity (Wildman–Crippen MR) is 151 cm³/mol. The van der Waals surface area contributed by atoms with Gasteiger partial charge in [0, 0.05) is 28.7 Å². The summed E-state index contributed by atoms with van der Waals surface area (Å²) in [5.74, 6) is -0.135. The summed E-state index contributed by atoms with van der Waals surface area (Å²) < 4.78 is 7.68. The molecule has 3 aromatic carbocycles. The van der Waals surface area contributed by atoms with E-state index in [-0.39, 0.29) is 11.9 Å². The van der Waals surface area contributed by atoms with Gasteiger partial charge in [0.15, 0.2) is 6.10 Å². The normalized spacial score (nSPS) is 12.9. The van der Waals surface area contributed by atoms with Crippen LogP contribution in [0.1, 0.15) is 78.0 Å². The van der Waals surface area contributed by atoms with Gasteiger partial charge >= 0.3 is 5.97 Å². The van der Waals surface area contributed by atoms with Gasteiger partial charge in [-0.15, -0.1) is 0 Å². The van der Waals surface area contributed by atoms with Gasteiger partial charge in [0.1, 0.15) is 5.75 Å². The van der Waals surface area contributed by atoms with Gasteiger partial charge in [-0.05, 0) is 86.2 Å². The summed E-state index contributed by atoms with van der Waals surface area (Å²) in [6.07, 6.45) is -0.904. The van der Waals surface area contributed by atoms with Crippen molar-refractivity contribution in [1.82, 2.24) is 9.88 Å². The molecule has 0 saturated carbocycles. The molecular formula is C32H36N2O4. The summed E-state index contributed by atoms with van der Waals surface area (Å²) in [6.45, 7) is 12.7. The number of benzene rings is 3. The van der Waals surface area contributed by atoms with Crippen molar-refractivity contribution in [2.75, 3.05) is 0 Å². The highest BCUT2D eigenvalue weighted by Crippen LogP contribution is 2.28. The molecule has 0 radical (unpaired) electrons. The number of carboxylic acids is 1. The molecule has 1 unspecified atom stereocenters. The third-order valence-electron chi connectivity index (χ3n) is 7.25. The van der Waals surface area contributed by atoms with Crippen LogP contribution in [0.3, 0.4) is 0 Å². The molecule has 38 heavy (non-hydrogen) atoms. The first-order valence-corrected chi connectivity index (χ1v) is 13.0. The van der Waals surface area contributed by atoms with Crippen molar-refractivity contribution < 1.29 is 19.4 Å². The van der Waals surface area contributed by atoms with E-state index in [2.05, 4.69) is 55.8 Å². The third-order valence-corrected chi connectivity index (χ3v) is 7.25. The van der Waals surface area contributed by atoms with Crippen LogP contribution < -0.4 is 10.1 Å². The number of carbonyl (C=O) groups excluding carboxylic acids is 1. The molecule has 6 nitrogen and oxygen atoms in total. The summed E-state index contributed by atoms with van der Waals surface area (Å²) in [4.78, 5) is 24.2. The topological polar surface area (TPSA) is 80.6 Å². The average Bonchev–Trinajstić information content (AvgIpc) is 3.13. The molecule has 1 aromatic heterocycles. The number of carbonyl (C=O) groups is 2. The lowest BCUT2D eigenvalue weighted by Gasteiger charge is -2.16. The number of aryl methyl sites for hydroxylation is 1. The molecule has 0 spiro atoms. The van der Waals surface area contributed by atoms with Crippen molar-refractivity contribution in [3.8, 4) is 5.75 Å². The summed E-state index contributed by atoms with van der Waals surface area (Å²) in [5.41, 5.74) is 7.40. The van der Waals surface area contributed by atoms with E-state index in [1.807, 2.05) is 43.3 Å². The molecule has 0 aliphatic rings. The zero-order chi connectivity index (χ0) is 27.6. The lowest BCUT2D eigenvalue weighted by atomic mass is 9.98. The third kappa shape index (κ3) is 5.75. The fourth-order valence-electron chi connectivity index (χ4n) is 4.66. The smallest absolute Gasteiger partial charge is 0.344 e. The number of amides is 1. The first-order chi connectivity index (χ1) is 18.0. The molecular weight excluding hydrogens is 476 g/mol. The van der Waals surface area contributed by atoms with E-state index in [1.165, 1.54) is 12.5 Å². The Labute approximate surface area is 224 Å². The molecule has 198 valence electrons. The van der Waals surface area contributed by atoms with E-state index >= 15 is 0 Å². The molecule has 0 bridgehead atoms. The number of carboxylic acid groups (broad SMARTS) is 1. The highest BCUT2D eigenvalue weighted by molar-refractivity contribution is 5.99. The van der Waals surface area contributed by atoms with Gasteiger partial charge in [0.2, 0.25) is 0 Å². The Hall–Kier alpha value is -4.06. The maximum Gasteiger partial charge on any atom is 0.344 e. The second-order valence-corrected chi connectivity index (χ2v) is 10.3. The van der Waals surface area contributed by atoms with Crippen LogP contribution in [0.5, 0.6) is 5.75 Å². The molecule has 0 saturated heterocycles. The standard InChI is InChI=1S/C32H36N2O4/c1-19(2)25-8-7-9-26(16-25)21(4)33-31(35)27-12-15-30-29(17-27)20(3)22(5)34(30)18-24-10-13-28(14-11-24)38-23(6)32(36)37/h7-17,19,21,23H,18H2,1-6H3,(H,33,35)(H,36,37)/t21-,23?/m0/s1. The zero-order valence-corrected chi connectivity index (χ0v) is 22.9. The lowest BCUT2D eigenvalue weighted by molar-refractivity contribution is -0.144. The van der Waals surface area contributed by atoms with Crippen LogP contribution in [-0.4, -0.2) is 27.7 Å². The second kappa shape index (κ2) is 11.1. The van der Waals surface area contributed by atoms with Gasteiger partial charge in [-0.1, -0.05) is 50.2 Å². The minimum Gasteiger partial charge on any atom is -0.479 e. The summed E-state index contributed by atoms with van der Waals surface area (Å²) in [6, 6.07) is 21.6. The fraction of sp³-hybridized carbons (Fsp3) is 0.312. The molecule has 0 aliphatic heterocycles. The van der Waals surface area contributed by atoms with Crippen molar-refractivity contribution in [2.24, 2.45) is 0 Å². The number of hydrogen-bond donors (Lipinski definition) is 2. The van der Waals surface area contributed by atoms with Gasteiger partial charge in [-0.2, -0.15) is 0 Å². The summed E-state index contributed by atoms with van der Waals surface area (Å²) in [5, 5.41) is 13.3. The monoisotopic (exact) mass is 512 g/mol. The number of aromatic nitrogens is 1. The Kier molecular flexibility index (Phi) is 7.91. The average molecular weight is 513 g/mol. The largest absolute Gasteiger partial charge is 0.479 e. The minimum atomic E-state index is -0.998. The molecule has 1 heterocycles. The van der Waals surface area contributed by atoms with E-state index in [0.29, 0.717) is 23.8 Å². The molecule has 1 amide bonds. The molecule has 2 atom stereocenters. The van der Waals surface area contributed by atoms with Gasteiger partial charge < -0.3 is 19.7 Å². The Morgan fingerprint density at radius 1 is 0.921 bits per heavy atom. The van der Waals surface area contributed by atoms with E-state index in [9.17, 15) is 9.59 Å². The molecule has 2 N–H and O–H groups in total. The van der Waals surface area contributed by atoms with Crippen molar-refractivity contribution >= 4 is 22.8 Å². The van der Waals surface area contributed by atoms with E-state index < -0.39 is 12.1 Å². The molecule has 6 heteroatoms. The highest BCUT2D eigenvalue weighted by Gasteiger charge is 2.17. The number of ether oxygens (including phenoxy) is 1. The van der Waals surface area contributed by atoms with Crippen LogP contribution in [0, 0.1) is 13.8 Å². The summed E-state index contributed by atoms with van der Waals surface area (Å²) >= 11 is 0. The zero-order valence-electron chi connectivity index (χ0n) is 22.9. The van der Waals surface area contributed by atoms with Crippen molar-refractivity contribution in [1.29, 1.82) is 0 Å². The van der Waals surface area contributed by atoms with Crippen LogP contribution >= 0.6 is 0 Å². The SMILES string of the molecule is Cc1c(C)n(Cc2ccc(OC(C)C(=O)O)cc2)c2ccc(C(=O)N[C@@H](C)c3cccc(C(C)C)c3)cc12. The quantitative estimate of drug-likeness (QED) is 0.259. The first-order valence-electron chi connectivity index (χ1n) is 13.0. The number of aliphatic carboxylic acids is 1. The van der Waals surface area contributed by atoms with E-state index in [4.69, 9.17) is 9.84 Å². The van der Waals surface area contributed by atoms with Gasteiger partial charge in [-0.25, -0.2) is 4.79 Å². The van der Waals surface area contributed by atoms with Crippen LogP contribution in [0.15, 0.2) is 66.7 Å². The Balaban J connectivity index is 1.53. The maximum atomic E-state index is 13.2. The Bertz CT molecular complexity index is 1470. The number of nitrogens with one attached hydrogen (secondary N) is 1. The van der Waals surface area contributed by atoms with Crippen molar-refractivity contribution in [3.63, 3.8) is 0 Å². The van der Waals surface area contributed by atoms with Crippen molar-refractivity contribution in [2.45, 2.75) is 66.2 Å². The van der Waals surface area contributed by atoms with Crippen LogP contribution in [0.25, 0.3) is 10.9 Å². The Morgan fingerprint density at radius 2 is 1.61 bits per heavy atom. The molecule has 4 rings (SSSR count). The molecule has 0 fully saturated rings. The number of rotatable bonds is 9. The van der Waals surface area contributed by atoms with Crippen LogP contribution in [0.2, 0.25) is 0 Å². The maximum absolute atomic E-state index is 13.2. The highest BCUT2D eigenvalue weighted by atomic mass is 16.5. The molecule has 4 aromatic rings. The summed E-state index contributed by atoms with van der Waals surface area (Å²) in [7, 11) is 0. The lowest BCUT2D eigenvalue weighted by Crippen LogP contribution is -2.26. The second-order valence-electron chi connectivity index (χ2n) is 10.3. The minimum absolute atomic E-state index is 0.0923. The fourth-order valence-corrected chi connectivity index (χ4v) is 4.66. The number of nitrogens with zero attached hydrogens (tertiary/aromatic N) is 1. The predicted octanol–water partition coefficient (Wildman–Crippen LogP) is 6.77. The van der Waals surface area contributed by atoms with Crippen molar-refractivity contribution in [3.05, 3.63) is 100 Å². The van der Waals surface area contributed by atoms with Gasteiger partial charge in [0.25, 0.3) is 5.91 Å². The first kappa shape index (κ1) is 27.0. The number of hydrogen-bond acceptors (Lipinski definition) is 3. The van der Waals surface area contributed by atoms with E-state index in [1.54, 1.807) is 12.1 Å². The van der Waals surface area contributed by atoms with Crippen LogP contribution in [0.4, 0.5) is 0 Å². The number of fused-ring (bicyclic) bond motifs is 1. The van der Waals surface area contributed by atoms with Crippen LogP contribution in [-0.2, 0) is 11.3 Å².